The first-order chi connectivity index (χ1) is 9.38. The predicted molar refractivity (Wildman–Crippen MR) is 80.8 cm³/mol. The van der Waals surface area contributed by atoms with E-state index in [1.54, 1.807) is 37.3 Å². The molecule has 3 N–H and O–H groups in total. The highest BCUT2D eigenvalue weighted by molar-refractivity contribution is 7.89. The molecule has 0 bridgehead atoms. The number of sulfonamides is 1. The van der Waals surface area contributed by atoms with Gasteiger partial charge in [-0.05, 0) is 49.2 Å². The Morgan fingerprint density at radius 2 is 1.75 bits per heavy atom. The molecular formula is C15H18N2O2S. The molecule has 0 radical (unpaired) electrons. The molecule has 0 aliphatic rings. The van der Waals surface area contributed by atoms with Crippen LogP contribution in [0.25, 0.3) is 0 Å². The molecule has 0 amide bonds. The summed E-state index contributed by atoms with van der Waals surface area (Å²) in [5.74, 6) is 0. The lowest BCUT2D eigenvalue weighted by Crippen LogP contribution is -2.26. The van der Waals surface area contributed by atoms with Crippen LogP contribution in [0.15, 0.2) is 53.4 Å². The van der Waals surface area contributed by atoms with E-state index in [4.69, 9.17) is 5.73 Å². The minimum atomic E-state index is -3.52. The summed E-state index contributed by atoms with van der Waals surface area (Å²) in [4.78, 5) is 0.278. The second-order valence-electron chi connectivity index (χ2n) is 4.83. The van der Waals surface area contributed by atoms with E-state index in [9.17, 15) is 8.42 Å². The van der Waals surface area contributed by atoms with Crippen molar-refractivity contribution in [1.82, 2.24) is 4.72 Å². The van der Waals surface area contributed by atoms with Crippen molar-refractivity contribution in [2.24, 2.45) is 0 Å². The van der Waals surface area contributed by atoms with Gasteiger partial charge in [-0.15, -0.1) is 0 Å². The maximum atomic E-state index is 12.3. The van der Waals surface area contributed by atoms with Crippen LogP contribution in [0.1, 0.15) is 24.1 Å². The fourth-order valence-electron chi connectivity index (χ4n) is 1.94. The Balaban J connectivity index is 2.22. The topological polar surface area (TPSA) is 72.2 Å². The average molecular weight is 290 g/mol. The third-order valence-corrected chi connectivity index (χ3v) is 4.61. The van der Waals surface area contributed by atoms with E-state index in [2.05, 4.69) is 4.72 Å². The van der Waals surface area contributed by atoms with Gasteiger partial charge in [-0.2, -0.15) is 0 Å². The maximum absolute atomic E-state index is 12.3. The van der Waals surface area contributed by atoms with Crippen molar-refractivity contribution in [2.75, 3.05) is 5.73 Å². The van der Waals surface area contributed by atoms with Gasteiger partial charge in [0.25, 0.3) is 0 Å². The number of nitrogens with one attached hydrogen (secondary N) is 1. The molecule has 0 heterocycles. The van der Waals surface area contributed by atoms with E-state index in [-0.39, 0.29) is 10.9 Å². The van der Waals surface area contributed by atoms with Crippen molar-refractivity contribution in [1.29, 1.82) is 0 Å². The minimum Gasteiger partial charge on any atom is -0.399 e. The Bertz CT molecular complexity index is 694. The van der Waals surface area contributed by atoms with E-state index >= 15 is 0 Å². The highest BCUT2D eigenvalue weighted by Gasteiger charge is 2.18. The van der Waals surface area contributed by atoms with Crippen LogP contribution in [-0.4, -0.2) is 8.42 Å². The molecule has 1 unspecified atom stereocenters. The first-order valence-electron chi connectivity index (χ1n) is 6.33. The van der Waals surface area contributed by atoms with Crippen molar-refractivity contribution >= 4 is 15.7 Å². The second-order valence-corrected chi connectivity index (χ2v) is 6.54. The van der Waals surface area contributed by atoms with Gasteiger partial charge in [-0.25, -0.2) is 13.1 Å². The Morgan fingerprint density at radius 1 is 1.10 bits per heavy atom. The van der Waals surface area contributed by atoms with Crippen LogP contribution in [0.2, 0.25) is 0 Å². The smallest absolute Gasteiger partial charge is 0.241 e. The zero-order valence-corrected chi connectivity index (χ0v) is 12.3. The highest BCUT2D eigenvalue weighted by atomic mass is 32.2. The largest absolute Gasteiger partial charge is 0.399 e. The van der Waals surface area contributed by atoms with Crippen LogP contribution >= 0.6 is 0 Å². The Kier molecular flexibility index (Phi) is 4.11. The molecule has 1 atom stereocenters. The third kappa shape index (κ3) is 3.37. The first-order valence-corrected chi connectivity index (χ1v) is 7.81. The Hall–Kier alpha value is -1.85. The normalized spacial score (nSPS) is 13.1. The number of anilines is 1. The van der Waals surface area contributed by atoms with Crippen LogP contribution in [0, 0.1) is 6.92 Å². The van der Waals surface area contributed by atoms with E-state index in [0.29, 0.717) is 5.69 Å². The highest BCUT2D eigenvalue weighted by Crippen LogP contribution is 2.18. The molecule has 0 saturated carbocycles. The number of nitrogen functional groups attached to an aromatic ring is 1. The SMILES string of the molecule is Cc1cccc(S(=O)(=O)NC(C)c2ccc(N)cc2)c1. The van der Waals surface area contributed by atoms with Crippen molar-refractivity contribution in [3.8, 4) is 0 Å². The molecule has 0 saturated heterocycles. The number of nitrogens with two attached hydrogens (primary N) is 1. The fourth-order valence-corrected chi connectivity index (χ4v) is 3.27. The summed E-state index contributed by atoms with van der Waals surface area (Å²) in [5.41, 5.74) is 8.06. The molecule has 0 aromatic heterocycles. The van der Waals surface area contributed by atoms with Crippen molar-refractivity contribution in [3.05, 3.63) is 59.7 Å². The molecule has 0 fully saturated rings. The zero-order valence-electron chi connectivity index (χ0n) is 11.5. The van der Waals surface area contributed by atoms with Gasteiger partial charge in [-0.3, -0.25) is 0 Å². The summed E-state index contributed by atoms with van der Waals surface area (Å²) >= 11 is 0. The van der Waals surface area contributed by atoms with Crippen molar-refractivity contribution in [2.45, 2.75) is 24.8 Å². The lowest BCUT2D eigenvalue weighted by Gasteiger charge is -2.15. The van der Waals surface area contributed by atoms with Gasteiger partial charge in [0.1, 0.15) is 0 Å². The number of benzene rings is 2. The summed E-state index contributed by atoms with van der Waals surface area (Å²) in [5, 5.41) is 0. The summed E-state index contributed by atoms with van der Waals surface area (Å²) in [6.45, 7) is 3.67. The van der Waals surface area contributed by atoms with E-state index in [1.165, 1.54) is 0 Å². The van der Waals surface area contributed by atoms with E-state index in [1.807, 2.05) is 25.1 Å². The zero-order chi connectivity index (χ0) is 14.8. The van der Waals surface area contributed by atoms with Crippen molar-refractivity contribution < 1.29 is 8.42 Å². The first kappa shape index (κ1) is 14.6. The van der Waals surface area contributed by atoms with Gasteiger partial charge in [0.05, 0.1) is 4.90 Å². The number of hydrogen-bond acceptors (Lipinski definition) is 3. The summed E-state index contributed by atoms with van der Waals surface area (Å²) < 4.78 is 27.3. The second kappa shape index (κ2) is 5.64. The minimum absolute atomic E-state index is 0.278. The van der Waals surface area contributed by atoms with Crippen LogP contribution < -0.4 is 10.5 Å². The van der Waals surface area contributed by atoms with E-state index in [0.717, 1.165) is 11.1 Å². The van der Waals surface area contributed by atoms with Gasteiger partial charge in [0.15, 0.2) is 0 Å². The van der Waals surface area contributed by atoms with E-state index < -0.39 is 10.0 Å². The van der Waals surface area contributed by atoms with Crippen LogP contribution in [0.3, 0.4) is 0 Å². The lowest BCUT2D eigenvalue weighted by atomic mass is 10.1. The number of rotatable bonds is 4. The standard InChI is InChI=1S/C15H18N2O2S/c1-11-4-3-5-15(10-11)20(18,19)17-12(2)13-6-8-14(16)9-7-13/h3-10,12,17H,16H2,1-2H3. The quantitative estimate of drug-likeness (QED) is 0.850. The van der Waals surface area contributed by atoms with Gasteiger partial charge in [-0.1, -0.05) is 24.3 Å². The summed E-state index contributed by atoms with van der Waals surface area (Å²) in [7, 11) is -3.52. The predicted octanol–water partition coefficient (Wildman–Crippen LogP) is 2.62. The molecular weight excluding hydrogens is 272 g/mol. The van der Waals surface area contributed by atoms with Crippen LogP contribution in [-0.2, 0) is 10.0 Å². The molecule has 2 aromatic carbocycles. The third-order valence-electron chi connectivity index (χ3n) is 3.07. The molecule has 0 spiro atoms. The number of aryl methyl sites for hydroxylation is 1. The van der Waals surface area contributed by atoms with Crippen LogP contribution in [0.4, 0.5) is 5.69 Å². The molecule has 106 valence electrons. The Labute approximate surface area is 119 Å². The van der Waals surface area contributed by atoms with Gasteiger partial charge in [0, 0.05) is 11.7 Å². The molecule has 20 heavy (non-hydrogen) atoms. The molecule has 2 rings (SSSR count). The molecule has 2 aromatic rings. The molecule has 0 aliphatic carbocycles. The molecule has 5 heteroatoms. The fraction of sp³-hybridized carbons (Fsp3) is 0.200. The Morgan fingerprint density at radius 3 is 2.35 bits per heavy atom. The molecule has 4 nitrogen and oxygen atoms in total. The average Bonchev–Trinajstić information content (AvgIpc) is 2.39. The lowest BCUT2D eigenvalue weighted by molar-refractivity contribution is 0.567. The summed E-state index contributed by atoms with van der Waals surface area (Å²) in [6.07, 6.45) is 0. The van der Waals surface area contributed by atoms with Crippen LogP contribution in [0.5, 0.6) is 0 Å². The van der Waals surface area contributed by atoms with Gasteiger partial charge >= 0.3 is 0 Å². The van der Waals surface area contributed by atoms with Crippen molar-refractivity contribution in [3.63, 3.8) is 0 Å². The van der Waals surface area contributed by atoms with Gasteiger partial charge in [0.2, 0.25) is 10.0 Å². The maximum Gasteiger partial charge on any atom is 0.241 e. The monoisotopic (exact) mass is 290 g/mol. The summed E-state index contributed by atoms with van der Waals surface area (Å²) in [6, 6.07) is 13.7. The molecule has 0 aliphatic heterocycles. The van der Waals surface area contributed by atoms with Gasteiger partial charge < -0.3 is 5.73 Å². The number of hydrogen-bond donors (Lipinski definition) is 2.